The molecule has 1 heterocycles. The average Bonchev–Trinajstić information content (AvgIpc) is 2.98. The summed E-state index contributed by atoms with van der Waals surface area (Å²) >= 11 is 0. The van der Waals surface area contributed by atoms with Crippen LogP contribution >= 0.6 is 0 Å². The molecule has 0 aromatic heterocycles. The van der Waals surface area contributed by atoms with E-state index in [0.717, 1.165) is 16.9 Å². The van der Waals surface area contributed by atoms with Crippen molar-refractivity contribution in [3.05, 3.63) is 41.5 Å². The van der Waals surface area contributed by atoms with Crippen LogP contribution in [0.15, 0.2) is 30.4 Å². The van der Waals surface area contributed by atoms with Crippen LogP contribution in [0.2, 0.25) is 0 Å². The van der Waals surface area contributed by atoms with Gasteiger partial charge in [0.05, 0.1) is 24.4 Å². The van der Waals surface area contributed by atoms with Crippen LogP contribution in [0.1, 0.15) is 57.4 Å². The highest BCUT2D eigenvalue weighted by atomic mass is 16.5. The first-order chi connectivity index (χ1) is 11.4. The monoisotopic (exact) mass is 329 g/mol. The van der Waals surface area contributed by atoms with Gasteiger partial charge in [-0.2, -0.15) is 0 Å². The van der Waals surface area contributed by atoms with Gasteiger partial charge in [-0.05, 0) is 51.0 Å². The Morgan fingerprint density at radius 1 is 1.00 bits per heavy atom. The molecule has 5 heteroatoms. The third-order valence-electron chi connectivity index (χ3n) is 4.16. The molecule has 1 aliphatic heterocycles. The SMILES string of the molecule is CC(C)Oc1ccc2c(c1)[C@@H](OC(C)C)C[C@@H]2N1C(=O)C=CC1=O. The van der Waals surface area contributed by atoms with E-state index in [1.807, 2.05) is 45.9 Å². The zero-order valence-electron chi connectivity index (χ0n) is 14.5. The molecule has 3 rings (SSSR count). The Balaban J connectivity index is 1.96. The maximum Gasteiger partial charge on any atom is 0.254 e. The van der Waals surface area contributed by atoms with Gasteiger partial charge < -0.3 is 9.47 Å². The molecule has 1 aromatic carbocycles. The number of hydrogen-bond acceptors (Lipinski definition) is 4. The van der Waals surface area contributed by atoms with E-state index in [-0.39, 0.29) is 36.2 Å². The van der Waals surface area contributed by atoms with Crippen molar-refractivity contribution in [3.63, 3.8) is 0 Å². The van der Waals surface area contributed by atoms with Crippen molar-refractivity contribution in [2.24, 2.45) is 0 Å². The van der Waals surface area contributed by atoms with E-state index in [0.29, 0.717) is 6.42 Å². The summed E-state index contributed by atoms with van der Waals surface area (Å²) < 4.78 is 11.8. The molecule has 1 aromatic rings. The molecule has 2 atom stereocenters. The third kappa shape index (κ3) is 3.08. The summed E-state index contributed by atoms with van der Waals surface area (Å²) in [6.45, 7) is 7.92. The summed E-state index contributed by atoms with van der Waals surface area (Å²) in [5, 5.41) is 0. The Labute approximate surface area is 142 Å². The number of benzene rings is 1. The number of carbonyl (C=O) groups excluding carboxylic acids is 2. The first-order valence-corrected chi connectivity index (χ1v) is 8.38. The number of ether oxygens (including phenoxy) is 2. The van der Waals surface area contributed by atoms with Crippen LogP contribution < -0.4 is 4.74 Å². The minimum absolute atomic E-state index is 0.0550. The molecule has 24 heavy (non-hydrogen) atoms. The molecule has 128 valence electrons. The van der Waals surface area contributed by atoms with Crippen LogP contribution in [0, 0.1) is 0 Å². The van der Waals surface area contributed by atoms with Gasteiger partial charge in [-0.1, -0.05) is 6.07 Å². The van der Waals surface area contributed by atoms with Crippen LogP contribution in [0.25, 0.3) is 0 Å². The molecule has 1 aliphatic carbocycles. The number of amides is 2. The van der Waals surface area contributed by atoms with Gasteiger partial charge in [-0.25, -0.2) is 0 Å². The predicted molar refractivity (Wildman–Crippen MR) is 89.5 cm³/mol. The Morgan fingerprint density at radius 2 is 1.67 bits per heavy atom. The molecule has 0 fully saturated rings. The lowest BCUT2D eigenvalue weighted by molar-refractivity contribution is -0.140. The molecule has 2 aliphatic rings. The van der Waals surface area contributed by atoms with Gasteiger partial charge in [-0.15, -0.1) is 0 Å². The lowest BCUT2D eigenvalue weighted by Crippen LogP contribution is -2.33. The van der Waals surface area contributed by atoms with Gasteiger partial charge in [-0.3, -0.25) is 14.5 Å². The maximum atomic E-state index is 12.1. The number of nitrogens with zero attached hydrogens (tertiary/aromatic N) is 1. The molecule has 2 amide bonds. The third-order valence-corrected chi connectivity index (χ3v) is 4.16. The molecule has 0 unspecified atom stereocenters. The molecule has 0 radical (unpaired) electrons. The van der Waals surface area contributed by atoms with E-state index in [1.54, 1.807) is 0 Å². The summed E-state index contributed by atoms with van der Waals surface area (Å²) in [5.41, 5.74) is 1.96. The molecule has 0 bridgehead atoms. The smallest absolute Gasteiger partial charge is 0.254 e. The standard InChI is InChI=1S/C19H23NO4/c1-11(2)23-13-5-6-14-15(9-13)17(24-12(3)4)10-16(14)20-18(21)7-8-19(20)22/h5-9,11-12,16-17H,10H2,1-4H3/t16-,17-/m0/s1. The van der Waals surface area contributed by atoms with Gasteiger partial charge in [0.1, 0.15) is 5.75 Å². The van der Waals surface area contributed by atoms with E-state index < -0.39 is 0 Å². The largest absolute Gasteiger partial charge is 0.491 e. The lowest BCUT2D eigenvalue weighted by atomic mass is 10.1. The summed E-state index contributed by atoms with van der Waals surface area (Å²) in [6, 6.07) is 5.52. The first-order valence-electron chi connectivity index (χ1n) is 8.38. The predicted octanol–water partition coefficient (Wildman–Crippen LogP) is 3.31. The Bertz CT molecular complexity index is 675. The van der Waals surface area contributed by atoms with E-state index >= 15 is 0 Å². The summed E-state index contributed by atoms with van der Waals surface area (Å²) in [7, 11) is 0. The van der Waals surface area contributed by atoms with Crippen LogP contribution in [0.5, 0.6) is 5.75 Å². The molecule has 0 spiro atoms. The summed E-state index contributed by atoms with van der Waals surface area (Å²) in [6.07, 6.45) is 3.22. The van der Waals surface area contributed by atoms with Gasteiger partial charge in [0.15, 0.2) is 0 Å². The normalized spacial score (nSPS) is 22.8. The zero-order valence-corrected chi connectivity index (χ0v) is 14.5. The fraction of sp³-hybridized carbons (Fsp3) is 0.474. The molecular weight excluding hydrogens is 306 g/mol. The average molecular weight is 329 g/mol. The van der Waals surface area contributed by atoms with Crippen molar-refractivity contribution in [1.82, 2.24) is 4.90 Å². The molecule has 5 nitrogen and oxygen atoms in total. The van der Waals surface area contributed by atoms with E-state index in [9.17, 15) is 9.59 Å². The van der Waals surface area contributed by atoms with Crippen LogP contribution in [0.3, 0.4) is 0 Å². The fourth-order valence-electron chi connectivity index (χ4n) is 3.36. The highest BCUT2D eigenvalue weighted by Crippen LogP contribution is 2.46. The second-order valence-corrected chi connectivity index (χ2v) is 6.76. The Morgan fingerprint density at radius 3 is 2.25 bits per heavy atom. The van der Waals surface area contributed by atoms with Gasteiger partial charge >= 0.3 is 0 Å². The van der Waals surface area contributed by atoms with Gasteiger partial charge in [0.2, 0.25) is 0 Å². The van der Waals surface area contributed by atoms with Gasteiger partial charge in [0, 0.05) is 18.6 Å². The van der Waals surface area contributed by atoms with Crippen LogP contribution in [0.4, 0.5) is 0 Å². The highest BCUT2D eigenvalue weighted by molar-refractivity contribution is 6.13. The second-order valence-electron chi connectivity index (χ2n) is 6.76. The Kier molecular flexibility index (Phi) is 4.45. The second kappa shape index (κ2) is 6.40. The number of fused-ring (bicyclic) bond motifs is 1. The van der Waals surface area contributed by atoms with Gasteiger partial charge in [0.25, 0.3) is 11.8 Å². The topological polar surface area (TPSA) is 55.8 Å². The van der Waals surface area contributed by atoms with Crippen molar-refractivity contribution in [3.8, 4) is 5.75 Å². The van der Waals surface area contributed by atoms with Crippen LogP contribution in [-0.4, -0.2) is 28.9 Å². The number of hydrogen-bond donors (Lipinski definition) is 0. The fourth-order valence-corrected chi connectivity index (χ4v) is 3.36. The van der Waals surface area contributed by atoms with Crippen molar-refractivity contribution < 1.29 is 19.1 Å². The van der Waals surface area contributed by atoms with E-state index in [4.69, 9.17) is 9.47 Å². The molecule has 0 saturated carbocycles. The minimum atomic E-state index is -0.285. The van der Waals surface area contributed by atoms with E-state index in [2.05, 4.69) is 0 Å². The van der Waals surface area contributed by atoms with Crippen molar-refractivity contribution in [2.45, 2.75) is 58.5 Å². The molecule has 0 saturated heterocycles. The number of carbonyl (C=O) groups is 2. The quantitative estimate of drug-likeness (QED) is 0.778. The summed E-state index contributed by atoms with van der Waals surface area (Å²) in [5.74, 6) is 0.256. The van der Waals surface area contributed by atoms with E-state index in [1.165, 1.54) is 17.1 Å². The Hall–Kier alpha value is -2.14. The van der Waals surface area contributed by atoms with Crippen molar-refractivity contribution >= 4 is 11.8 Å². The van der Waals surface area contributed by atoms with Crippen molar-refractivity contribution in [2.75, 3.05) is 0 Å². The minimum Gasteiger partial charge on any atom is -0.491 e. The first kappa shape index (κ1) is 16.7. The number of imide groups is 1. The molecule has 0 N–H and O–H groups in total. The highest BCUT2D eigenvalue weighted by Gasteiger charge is 2.41. The maximum absolute atomic E-state index is 12.1. The lowest BCUT2D eigenvalue weighted by Gasteiger charge is -2.23. The zero-order chi connectivity index (χ0) is 17.4. The molecular formula is C19H23NO4. The van der Waals surface area contributed by atoms with Crippen molar-refractivity contribution in [1.29, 1.82) is 0 Å². The summed E-state index contributed by atoms with van der Waals surface area (Å²) in [4.78, 5) is 25.5. The van der Waals surface area contributed by atoms with Crippen LogP contribution in [-0.2, 0) is 14.3 Å². The number of rotatable bonds is 5.